The zero-order valence-electron chi connectivity index (χ0n) is 24.1. The molecule has 0 spiro atoms. The molecule has 0 radical (unpaired) electrons. The van der Waals surface area contributed by atoms with Gasteiger partial charge >= 0.3 is 63.3 Å². The van der Waals surface area contributed by atoms with Crippen LogP contribution in [-0.2, 0) is 19.6 Å². The largest absolute Gasteiger partial charge is 1.00 e. The van der Waals surface area contributed by atoms with Crippen molar-refractivity contribution in [2.75, 3.05) is 13.2 Å². The number of ether oxygens (including phenoxy) is 2. The SMILES string of the molecule is CC/C=C/CCCCCCCOC(=O)c1ccc(S(=O)(=O)[O-])cc1C(=O)OCCCCCCC/C=C/CC.[K+]. The van der Waals surface area contributed by atoms with Crippen LogP contribution in [0.4, 0.5) is 0 Å². The first-order chi connectivity index (χ1) is 18.3. The van der Waals surface area contributed by atoms with E-state index < -0.39 is 27.0 Å². The van der Waals surface area contributed by atoms with E-state index in [9.17, 15) is 22.6 Å². The summed E-state index contributed by atoms with van der Waals surface area (Å²) in [5, 5.41) is 0. The second kappa shape index (κ2) is 23.8. The topological polar surface area (TPSA) is 110 Å². The first-order valence-corrected chi connectivity index (χ1v) is 15.5. The van der Waals surface area contributed by atoms with Crippen molar-refractivity contribution in [2.45, 2.75) is 109 Å². The zero-order chi connectivity index (χ0) is 28.1. The van der Waals surface area contributed by atoms with Crippen LogP contribution in [0.15, 0.2) is 47.4 Å². The molecule has 0 bridgehead atoms. The molecule has 0 heterocycles. The molecule has 0 aromatic heterocycles. The Morgan fingerprint density at radius 1 is 0.692 bits per heavy atom. The minimum absolute atomic E-state index is 0. The third-order valence-electron chi connectivity index (χ3n) is 6.02. The Morgan fingerprint density at radius 2 is 1.13 bits per heavy atom. The van der Waals surface area contributed by atoms with Crippen molar-refractivity contribution in [1.82, 2.24) is 0 Å². The van der Waals surface area contributed by atoms with Crippen molar-refractivity contribution in [1.29, 1.82) is 0 Å². The fraction of sp³-hybridized carbons (Fsp3) is 0.600. The Morgan fingerprint density at radius 3 is 1.59 bits per heavy atom. The summed E-state index contributed by atoms with van der Waals surface area (Å²) in [6.07, 6.45) is 22.6. The molecule has 9 heteroatoms. The minimum atomic E-state index is -4.80. The number of carbonyl (C=O) groups excluding carboxylic acids is 2. The van der Waals surface area contributed by atoms with Gasteiger partial charge in [-0.3, -0.25) is 0 Å². The van der Waals surface area contributed by atoms with E-state index in [1.165, 1.54) is 0 Å². The Hall–Kier alpha value is -0.814. The van der Waals surface area contributed by atoms with Crippen molar-refractivity contribution < 1.29 is 83.4 Å². The number of allylic oxidation sites excluding steroid dienone is 4. The van der Waals surface area contributed by atoms with E-state index in [0.717, 1.165) is 95.2 Å². The van der Waals surface area contributed by atoms with Crippen LogP contribution in [-0.4, -0.2) is 38.1 Å². The number of rotatable bonds is 21. The monoisotopic (exact) mass is 588 g/mol. The van der Waals surface area contributed by atoms with Crippen LogP contribution in [0.25, 0.3) is 0 Å². The fourth-order valence-corrected chi connectivity index (χ4v) is 4.37. The molecule has 0 aliphatic rings. The molecule has 0 aliphatic heterocycles. The van der Waals surface area contributed by atoms with Gasteiger partial charge in [-0.25, -0.2) is 18.0 Å². The van der Waals surface area contributed by atoms with Gasteiger partial charge in [0.05, 0.1) is 29.2 Å². The Kier molecular flexibility index (Phi) is 23.4. The summed E-state index contributed by atoms with van der Waals surface area (Å²) in [6.45, 7) is 4.56. The number of esters is 2. The summed E-state index contributed by atoms with van der Waals surface area (Å²) in [7, 11) is -4.80. The number of hydrogen-bond donors (Lipinski definition) is 0. The van der Waals surface area contributed by atoms with Crippen molar-refractivity contribution in [3.63, 3.8) is 0 Å². The summed E-state index contributed by atoms with van der Waals surface area (Å²) in [6, 6.07) is 3.05. The number of unbranched alkanes of at least 4 members (excludes halogenated alkanes) is 10. The van der Waals surface area contributed by atoms with Crippen LogP contribution in [0, 0.1) is 0 Å². The fourth-order valence-electron chi connectivity index (χ4n) is 3.87. The van der Waals surface area contributed by atoms with E-state index in [0.29, 0.717) is 12.8 Å². The molecule has 1 aromatic rings. The molecule has 0 fully saturated rings. The maximum Gasteiger partial charge on any atom is 1.00 e. The van der Waals surface area contributed by atoms with E-state index in [2.05, 4.69) is 38.2 Å². The summed E-state index contributed by atoms with van der Waals surface area (Å²) in [5.74, 6) is -1.59. The van der Waals surface area contributed by atoms with Crippen LogP contribution in [0.2, 0.25) is 0 Å². The molecular weight excluding hydrogens is 543 g/mol. The van der Waals surface area contributed by atoms with Gasteiger partial charge in [0.25, 0.3) is 0 Å². The van der Waals surface area contributed by atoms with Crippen LogP contribution in [0.1, 0.15) is 124 Å². The van der Waals surface area contributed by atoms with Gasteiger partial charge in [0.15, 0.2) is 0 Å². The van der Waals surface area contributed by atoms with Crippen molar-refractivity contribution in [3.8, 4) is 0 Å². The number of hydrogen-bond acceptors (Lipinski definition) is 7. The summed E-state index contributed by atoms with van der Waals surface area (Å²) in [5.41, 5.74) is -0.375. The van der Waals surface area contributed by atoms with Crippen LogP contribution >= 0.6 is 0 Å². The van der Waals surface area contributed by atoms with Gasteiger partial charge in [-0.15, -0.1) is 0 Å². The second-order valence-corrected chi connectivity index (χ2v) is 10.7. The molecule has 1 rings (SSSR count). The van der Waals surface area contributed by atoms with E-state index >= 15 is 0 Å². The zero-order valence-corrected chi connectivity index (χ0v) is 28.1. The van der Waals surface area contributed by atoms with Crippen LogP contribution in [0.3, 0.4) is 0 Å². The summed E-state index contributed by atoms with van der Waals surface area (Å²) in [4.78, 5) is 24.7. The van der Waals surface area contributed by atoms with Gasteiger partial charge < -0.3 is 14.0 Å². The third kappa shape index (κ3) is 18.3. The number of carbonyl (C=O) groups is 2. The summed E-state index contributed by atoms with van der Waals surface area (Å²) < 4.78 is 45.0. The Labute approximate surface area is 278 Å². The molecule has 0 atom stereocenters. The molecular formula is C30H45KO7S. The van der Waals surface area contributed by atoms with Gasteiger partial charge in [-0.05, 0) is 69.6 Å². The smallest absolute Gasteiger partial charge is 0.744 e. The maximum atomic E-state index is 12.7. The molecule has 0 aliphatic carbocycles. The van der Waals surface area contributed by atoms with Gasteiger partial charge in [-0.2, -0.15) is 0 Å². The van der Waals surface area contributed by atoms with Gasteiger partial charge in [0.2, 0.25) is 0 Å². The quantitative estimate of drug-likeness (QED) is 0.0683. The molecule has 0 N–H and O–H groups in total. The standard InChI is InChI=1S/C30H46O7S.K/c1-3-5-7-9-11-13-15-17-19-23-36-29(31)27-22-21-26(38(33,34)35)25-28(27)30(32)37-24-20-18-16-14-12-10-8-6-4-2;/h5-8,21-22,25H,3-4,9-20,23-24H2,1-2H3,(H,33,34,35);/q;+1/p-1/b7-5+,8-6+;. The van der Waals surface area contributed by atoms with E-state index in [1.54, 1.807) is 0 Å². The Balaban J connectivity index is 0.0000144. The predicted octanol–water partition coefficient (Wildman–Crippen LogP) is 4.52. The van der Waals surface area contributed by atoms with Gasteiger partial charge in [0, 0.05) is 0 Å². The van der Waals surface area contributed by atoms with Crippen molar-refractivity contribution in [3.05, 3.63) is 53.6 Å². The van der Waals surface area contributed by atoms with Crippen molar-refractivity contribution in [2.24, 2.45) is 0 Å². The molecule has 0 amide bonds. The molecule has 1 aromatic carbocycles. The average molecular weight is 589 g/mol. The van der Waals surface area contributed by atoms with E-state index in [4.69, 9.17) is 9.47 Å². The molecule has 39 heavy (non-hydrogen) atoms. The second-order valence-electron chi connectivity index (χ2n) is 9.31. The number of benzene rings is 1. The molecule has 0 unspecified atom stereocenters. The molecule has 7 nitrogen and oxygen atoms in total. The molecule has 214 valence electrons. The van der Waals surface area contributed by atoms with E-state index in [1.807, 2.05) is 0 Å². The van der Waals surface area contributed by atoms with Gasteiger partial charge in [-0.1, -0.05) is 76.7 Å². The van der Waals surface area contributed by atoms with Gasteiger partial charge in [0.1, 0.15) is 10.1 Å². The predicted molar refractivity (Wildman–Crippen MR) is 149 cm³/mol. The minimum Gasteiger partial charge on any atom is -0.744 e. The normalized spacial score (nSPS) is 11.6. The first-order valence-electron chi connectivity index (χ1n) is 14.0. The van der Waals surface area contributed by atoms with Crippen LogP contribution < -0.4 is 51.4 Å². The van der Waals surface area contributed by atoms with Crippen LogP contribution in [0.5, 0.6) is 0 Å². The average Bonchev–Trinajstić information content (AvgIpc) is 2.89. The first kappa shape index (κ1) is 38.2. The van der Waals surface area contributed by atoms with E-state index in [-0.39, 0.29) is 75.7 Å². The summed E-state index contributed by atoms with van der Waals surface area (Å²) >= 11 is 0. The van der Waals surface area contributed by atoms with Crippen molar-refractivity contribution >= 4 is 22.1 Å². The molecule has 0 saturated carbocycles. The maximum absolute atomic E-state index is 12.7. The third-order valence-corrected chi connectivity index (χ3v) is 6.85. The Bertz CT molecular complexity index is 987. The molecule has 0 saturated heterocycles.